The lowest BCUT2D eigenvalue weighted by Gasteiger charge is -2.20. The summed E-state index contributed by atoms with van der Waals surface area (Å²) in [4.78, 5) is 7.52. The topological polar surface area (TPSA) is 24.9 Å². The molecule has 116 valence electrons. The van der Waals surface area contributed by atoms with Gasteiger partial charge in [0.15, 0.2) is 0 Å². The standard InChI is InChI=1S/C16H23BrN2S2/c1-10(2)8-11-13(9-18-16(3,4)5)21-15(19-11)12-6-7-14(17)20-12/h6-7,10,18H,8-9H2,1-5H3. The number of halogens is 1. The maximum absolute atomic E-state index is 4.90. The molecule has 2 aromatic heterocycles. The van der Waals surface area contributed by atoms with Gasteiger partial charge in [0.05, 0.1) is 14.4 Å². The molecule has 0 spiro atoms. The van der Waals surface area contributed by atoms with Gasteiger partial charge >= 0.3 is 0 Å². The number of thiazole rings is 1. The largest absolute Gasteiger partial charge is 0.307 e. The molecule has 21 heavy (non-hydrogen) atoms. The molecule has 0 aromatic carbocycles. The third-order valence-corrected chi connectivity index (χ3v) is 5.83. The van der Waals surface area contributed by atoms with Crippen LogP contribution in [0.25, 0.3) is 9.88 Å². The Morgan fingerprint density at radius 2 is 1.95 bits per heavy atom. The molecular weight excluding hydrogens is 364 g/mol. The second-order valence-corrected chi connectivity index (χ2v) is 10.2. The Morgan fingerprint density at radius 3 is 2.48 bits per heavy atom. The molecule has 0 fully saturated rings. The van der Waals surface area contributed by atoms with E-state index >= 15 is 0 Å². The molecule has 2 aromatic rings. The molecule has 2 rings (SSSR count). The zero-order chi connectivity index (χ0) is 15.6. The van der Waals surface area contributed by atoms with Gasteiger partial charge in [0.2, 0.25) is 0 Å². The van der Waals surface area contributed by atoms with E-state index in [0.29, 0.717) is 5.92 Å². The Labute approximate surface area is 144 Å². The minimum atomic E-state index is 0.130. The number of rotatable bonds is 5. The monoisotopic (exact) mass is 386 g/mol. The molecule has 0 unspecified atom stereocenters. The highest BCUT2D eigenvalue weighted by Crippen LogP contribution is 2.35. The number of thiophene rings is 1. The van der Waals surface area contributed by atoms with Gasteiger partial charge in [-0.3, -0.25) is 0 Å². The molecule has 0 saturated carbocycles. The lowest BCUT2D eigenvalue weighted by atomic mass is 10.1. The Hall–Kier alpha value is -0.230. The predicted molar refractivity (Wildman–Crippen MR) is 98.3 cm³/mol. The summed E-state index contributed by atoms with van der Waals surface area (Å²) in [6.07, 6.45) is 1.05. The van der Waals surface area contributed by atoms with Crippen molar-refractivity contribution in [1.29, 1.82) is 0 Å². The first-order valence-electron chi connectivity index (χ1n) is 7.24. The van der Waals surface area contributed by atoms with Crippen molar-refractivity contribution in [1.82, 2.24) is 10.3 Å². The van der Waals surface area contributed by atoms with Gasteiger partial charge in [-0.1, -0.05) is 13.8 Å². The molecular formula is C16H23BrN2S2. The smallest absolute Gasteiger partial charge is 0.133 e. The fourth-order valence-electron chi connectivity index (χ4n) is 1.95. The van der Waals surface area contributed by atoms with Crippen LogP contribution in [-0.2, 0) is 13.0 Å². The van der Waals surface area contributed by atoms with Crippen LogP contribution in [0.3, 0.4) is 0 Å². The molecule has 0 radical (unpaired) electrons. The highest BCUT2D eigenvalue weighted by atomic mass is 79.9. The van der Waals surface area contributed by atoms with Gasteiger partial charge < -0.3 is 5.32 Å². The number of nitrogens with one attached hydrogen (secondary N) is 1. The molecule has 2 heterocycles. The summed E-state index contributed by atoms with van der Waals surface area (Å²) in [6, 6.07) is 4.24. The molecule has 0 amide bonds. The Balaban J connectivity index is 2.26. The number of hydrogen-bond donors (Lipinski definition) is 1. The molecule has 0 aliphatic rings. The average molecular weight is 387 g/mol. The third-order valence-electron chi connectivity index (χ3n) is 2.94. The fraction of sp³-hybridized carbons (Fsp3) is 0.562. The quantitative estimate of drug-likeness (QED) is 0.710. The van der Waals surface area contributed by atoms with Crippen LogP contribution in [0.2, 0.25) is 0 Å². The lowest BCUT2D eigenvalue weighted by molar-refractivity contribution is 0.425. The van der Waals surface area contributed by atoms with Gasteiger partial charge in [-0.05, 0) is 61.2 Å². The molecule has 0 aliphatic carbocycles. The summed E-state index contributed by atoms with van der Waals surface area (Å²) in [5, 5.41) is 4.73. The van der Waals surface area contributed by atoms with Crippen LogP contribution < -0.4 is 5.32 Å². The van der Waals surface area contributed by atoms with Gasteiger partial charge in [0.25, 0.3) is 0 Å². The maximum atomic E-state index is 4.90. The highest BCUT2D eigenvalue weighted by Gasteiger charge is 2.17. The van der Waals surface area contributed by atoms with E-state index in [1.54, 1.807) is 11.3 Å². The van der Waals surface area contributed by atoms with E-state index in [1.807, 2.05) is 11.3 Å². The number of nitrogens with zero attached hydrogens (tertiary/aromatic N) is 1. The summed E-state index contributed by atoms with van der Waals surface area (Å²) < 4.78 is 1.16. The van der Waals surface area contributed by atoms with Gasteiger partial charge in [-0.2, -0.15) is 0 Å². The molecule has 1 N–H and O–H groups in total. The first kappa shape index (κ1) is 17.1. The first-order chi connectivity index (χ1) is 9.74. The fourth-order valence-corrected chi connectivity index (χ4v) is 4.42. The van der Waals surface area contributed by atoms with Crippen LogP contribution in [0.1, 0.15) is 45.2 Å². The van der Waals surface area contributed by atoms with Crippen LogP contribution in [0, 0.1) is 5.92 Å². The van der Waals surface area contributed by atoms with Crippen molar-refractivity contribution in [3.63, 3.8) is 0 Å². The van der Waals surface area contributed by atoms with E-state index in [-0.39, 0.29) is 5.54 Å². The second-order valence-electron chi connectivity index (χ2n) is 6.69. The van der Waals surface area contributed by atoms with Gasteiger partial charge in [0.1, 0.15) is 5.01 Å². The minimum absolute atomic E-state index is 0.130. The Bertz CT molecular complexity index is 594. The van der Waals surface area contributed by atoms with Crippen molar-refractivity contribution in [3.8, 4) is 9.88 Å². The van der Waals surface area contributed by atoms with Crippen molar-refractivity contribution in [2.75, 3.05) is 0 Å². The summed E-state index contributed by atoms with van der Waals surface area (Å²) in [5.41, 5.74) is 1.39. The Kier molecular flexibility index (Phi) is 5.63. The summed E-state index contributed by atoms with van der Waals surface area (Å²) in [5.74, 6) is 0.628. The first-order valence-corrected chi connectivity index (χ1v) is 9.66. The zero-order valence-electron chi connectivity index (χ0n) is 13.3. The summed E-state index contributed by atoms with van der Waals surface area (Å²) >= 11 is 7.11. The van der Waals surface area contributed by atoms with E-state index in [9.17, 15) is 0 Å². The number of aromatic nitrogens is 1. The van der Waals surface area contributed by atoms with Crippen molar-refractivity contribution >= 4 is 38.6 Å². The van der Waals surface area contributed by atoms with E-state index in [2.05, 4.69) is 68.0 Å². The predicted octanol–water partition coefficient (Wildman–Crippen LogP) is 5.72. The number of hydrogen-bond acceptors (Lipinski definition) is 4. The normalized spacial score (nSPS) is 12.3. The summed E-state index contributed by atoms with van der Waals surface area (Å²) in [6.45, 7) is 12.0. The maximum Gasteiger partial charge on any atom is 0.133 e. The molecule has 0 aliphatic heterocycles. The minimum Gasteiger partial charge on any atom is -0.307 e. The van der Waals surface area contributed by atoms with E-state index in [1.165, 1.54) is 15.4 Å². The molecule has 0 saturated heterocycles. The zero-order valence-corrected chi connectivity index (χ0v) is 16.5. The highest BCUT2D eigenvalue weighted by molar-refractivity contribution is 9.11. The van der Waals surface area contributed by atoms with Crippen molar-refractivity contribution < 1.29 is 0 Å². The molecule has 2 nitrogen and oxygen atoms in total. The van der Waals surface area contributed by atoms with Crippen LogP contribution in [0.15, 0.2) is 15.9 Å². The van der Waals surface area contributed by atoms with Crippen LogP contribution >= 0.6 is 38.6 Å². The SMILES string of the molecule is CC(C)Cc1nc(-c2ccc(Br)s2)sc1CNC(C)(C)C. The van der Waals surface area contributed by atoms with E-state index in [0.717, 1.165) is 21.8 Å². The van der Waals surface area contributed by atoms with Gasteiger partial charge in [0, 0.05) is 17.0 Å². The Morgan fingerprint density at radius 1 is 1.24 bits per heavy atom. The molecule has 5 heteroatoms. The second kappa shape index (κ2) is 6.90. The van der Waals surface area contributed by atoms with Gasteiger partial charge in [-0.25, -0.2) is 4.98 Å². The van der Waals surface area contributed by atoms with Crippen molar-refractivity contribution in [2.24, 2.45) is 5.92 Å². The van der Waals surface area contributed by atoms with E-state index in [4.69, 9.17) is 4.98 Å². The van der Waals surface area contributed by atoms with Crippen LogP contribution in [0.4, 0.5) is 0 Å². The van der Waals surface area contributed by atoms with Crippen LogP contribution in [0.5, 0.6) is 0 Å². The van der Waals surface area contributed by atoms with Crippen molar-refractivity contribution in [2.45, 2.75) is 53.1 Å². The average Bonchev–Trinajstić information content (AvgIpc) is 2.91. The van der Waals surface area contributed by atoms with Crippen LogP contribution in [-0.4, -0.2) is 10.5 Å². The third kappa shape index (κ3) is 5.16. The molecule has 0 bridgehead atoms. The molecule has 0 atom stereocenters. The van der Waals surface area contributed by atoms with E-state index < -0.39 is 0 Å². The lowest BCUT2D eigenvalue weighted by Crippen LogP contribution is -2.35. The van der Waals surface area contributed by atoms with Gasteiger partial charge in [-0.15, -0.1) is 22.7 Å². The summed E-state index contributed by atoms with van der Waals surface area (Å²) in [7, 11) is 0. The van der Waals surface area contributed by atoms with Crippen molar-refractivity contribution in [3.05, 3.63) is 26.5 Å².